The second kappa shape index (κ2) is 16.9. The minimum Gasteiger partial charge on any atom is -0.396 e. The average molecular weight is 260 g/mol. The number of rotatable bonds is 10. The summed E-state index contributed by atoms with van der Waals surface area (Å²) in [6.45, 7) is 9.09. The highest BCUT2D eigenvalue weighted by atomic mass is 16.3. The van der Waals surface area contributed by atoms with Crippen molar-refractivity contribution in [2.75, 3.05) is 6.61 Å². The third kappa shape index (κ3) is 21.2. The second-order valence-electron chi connectivity index (χ2n) is 5.55. The molecule has 0 radical (unpaired) electrons. The van der Waals surface area contributed by atoms with Crippen molar-refractivity contribution in [3.63, 3.8) is 0 Å². The summed E-state index contributed by atoms with van der Waals surface area (Å²) in [4.78, 5) is 0. The molecule has 0 aliphatic rings. The first kappa shape index (κ1) is 20.2. The van der Waals surface area contributed by atoms with E-state index in [0.29, 0.717) is 6.61 Å². The molecule has 0 bridgehead atoms. The molecule has 0 spiro atoms. The van der Waals surface area contributed by atoms with Gasteiger partial charge in [-0.2, -0.15) is 0 Å². The molecule has 0 aromatic heterocycles. The van der Waals surface area contributed by atoms with Gasteiger partial charge in [0.15, 0.2) is 0 Å². The molecule has 0 aliphatic heterocycles. The lowest BCUT2D eigenvalue weighted by atomic mass is 10.1. The molecule has 0 aliphatic carbocycles. The SMILES string of the molecule is CC(C)CCCCCO.CCCCC(O)CCC. The Morgan fingerprint density at radius 3 is 1.89 bits per heavy atom. The van der Waals surface area contributed by atoms with Gasteiger partial charge in [0.2, 0.25) is 0 Å². The van der Waals surface area contributed by atoms with Gasteiger partial charge in [-0.3, -0.25) is 0 Å². The van der Waals surface area contributed by atoms with Gasteiger partial charge in [-0.15, -0.1) is 0 Å². The van der Waals surface area contributed by atoms with Gasteiger partial charge in [-0.1, -0.05) is 66.2 Å². The Morgan fingerprint density at radius 1 is 0.778 bits per heavy atom. The third-order valence-corrected chi connectivity index (χ3v) is 2.95. The second-order valence-corrected chi connectivity index (χ2v) is 5.55. The molecule has 0 aromatic rings. The molecular formula is C16H36O2. The predicted molar refractivity (Wildman–Crippen MR) is 80.8 cm³/mol. The molecule has 0 saturated carbocycles. The Bertz CT molecular complexity index is 135. The van der Waals surface area contributed by atoms with E-state index in [1.165, 1.54) is 32.1 Å². The summed E-state index contributed by atoms with van der Waals surface area (Å²) in [5, 5.41) is 17.6. The Kier molecular flexibility index (Phi) is 19.0. The van der Waals surface area contributed by atoms with Gasteiger partial charge in [0.1, 0.15) is 0 Å². The van der Waals surface area contributed by atoms with Crippen molar-refractivity contribution in [1.82, 2.24) is 0 Å². The van der Waals surface area contributed by atoms with E-state index in [1.807, 2.05) is 0 Å². The lowest BCUT2D eigenvalue weighted by Gasteiger charge is -2.06. The Balaban J connectivity index is 0. The van der Waals surface area contributed by atoms with E-state index < -0.39 is 0 Å². The molecule has 2 nitrogen and oxygen atoms in total. The largest absolute Gasteiger partial charge is 0.396 e. The van der Waals surface area contributed by atoms with Crippen LogP contribution < -0.4 is 0 Å². The minimum absolute atomic E-state index is 0.0325. The van der Waals surface area contributed by atoms with Crippen LogP contribution in [0.5, 0.6) is 0 Å². The molecular weight excluding hydrogens is 224 g/mol. The number of aliphatic hydroxyl groups is 2. The lowest BCUT2D eigenvalue weighted by Crippen LogP contribution is -2.04. The van der Waals surface area contributed by atoms with Gasteiger partial charge in [0.25, 0.3) is 0 Å². The van der Waals surface area contributed by atoms with Crippen molar-refractivity contribution < 1.29 is 10.2 Å². The highest BCUT2D eigenvalue weighted by molar-refractivity contribution is 4.52. The molecule has 2 N–H and O–H groups in total. The normalized spacial score (nSPS) is 12.2. The molecule has 0 saturated heterocycles. The zero-order chi connectivity index (χ0) is 14.2. The summed E-state index contributed by atoms with van der Waals surface area (Å²) in [5.41, 5.74) is 0. The molecule has 2 heteroatoms. The zero-order valence-corrected chi connectivity index (χ0v) is 13.1. The Hall–Kier alpha value is -0.0800. The fourth-order valence-electron chi connectivity index (χ4n) is 1.76. The van der Waals surface area contributed by atoms with Crippen molar-refractivity contribution in [3.8, 4) is 0 Å². The lowest BCUT2D eigenvalue weighted by molar-refractivity contribution is 0.150. The number of unbranched alkanes of at least 4 members (excludes halogenated alkanes) is 3. The minimum atomic E-state index is -0.0325. The van der Waals surface area contributed by atoms with E-state index in [-0.39, 0.29) is 6.10 Å². The molecule has 0 fully saturated rings. The van der Waals surface area contributed by atoms with Crippen LogP contribution in [0.25, 0.3) is 0 Å². The highest BCUT2D eigenvalue weighted by Crippen LogP contribution is 2.07. The molecule has 112 valence electrons. The van der Waals surface area contributed by atoms with Crippen molar-refractivity contribution in [2.24, 2.45) is 5.92 Å². The third-order valence-electron chi connectivity index (χ3n) is 2.95. The fraction of sp³-hybridized carbons (Fsp3) is 1.00. The number of aliphatic hydroxyl groups excluding tert-OH is 2. The summed E-state index contributed by atoms with van der Waals surface area (Å²) in [5.74, 6) is 0.823. The van der Waals surface area contributed by atoms with E-state index in [2.05, 4.69) is 27.7 Å². The number of hydrogen-bond donors (Lipinski definition) is 2. The molecule has 1 atom stereocenters. The van der Waals surface area contributed by atoms with E-state index in [4.69, 9.17) is 5.11 Å². The first-order valence-electron chi connectivity index (χ1n) is 7.87. The van der Waals surface area contributed by atoms with E-state index >= 15 is 0 Å². The quantitative estimate of drug-likeness (QED) is 0.566. The van der Waals surface area contributed by atoms with Crippen molar-refractivity contribution in [1.29, 1.82) is 0 Å². The fourth-order valence-corrected chi connectivity index (χ4v) is 1.76. The Labute approximate surface area is 115 Å². The van der Waals surface area contributed by atoms with Crippen LogP contribution in [0.15, 0.2) is 0 Å². The zero-order valence-electron chi connectivity index (χ0n) is 13.1. The summed E-state index contributed by atoms with van der Waals surface area (Å²) in [6.07, 6.45) is 10.1. The van der Waals surface area contributed by atoms with Crippen LogP contribution in [0.1, 0.15) is 85.5 Å². The van der Waals surface area contributed by atoms with Crippen molar-refractivity contribution in [2.45, 2.75) is 91.6 Å². The van der Waals surface area contributed by atoms with E-state index in [9.17, 15) is 5.11 Å². The summed E-state index contributed by atoms with van der Waals surface area (Å²) in [7, 11) is 0. The molecule has 18 heavy (non-hydrogen) atoms. The maximum atomic E-state index is 9.18. The van der Waals surface area contributed by atoms with Crippen LogP contribution in [0.2, 0.25) is 0 Å². The summed E-state index contributed by atoms with van der Waals surface area (Å²) >= 11 is 0. The van der Waals surface area contributed by atoms with Crippen LogP contribution in [0.3, 0.4) is 0 Å². The number of hydrogen-bond acceptors (Lipinski definition) is 2. The van der Waals surface area contributed by atoms with Gasteiger partial charge in [-0.25, -0.2) is 0 Å². The topological polar surface area (TPSA) is 40.5 Å². The maximum absolute atomic E-state index is 9.18. The standard InChI is InChI=1S/2C8H18O/c1-8(2)6-4-3-5-7-9;1-3-5-7-8(9)6-4-2/h2*8-9H,3-7H2,1-2H3. The van der Waals surface area contributed by atoms with Gasteiger partial charge >= 0.3 is 0 Å². The first-order chi connectivity index (χ1) is 8.58. The van der Waals surface area contributed by atoms with Crippen LogP contribution in [-0.4, -0.2) is 22.9 Å². The van der Waals surface area contributed by atoms with Gasteiger partial charge in [0.05, 0.1) is 6.10 Å². The summed E-state index contributed by atoms with van der Waals surface area (Å²) in [6, 6.07) is 0. The average Bonchev–Trinajstić information content (AvgIpc) is 2.33. The first-order valence-corrected chi connectivity index (χ1v) is 7.87. The molecule has 0 aromatic carbocycles. The van der Waals surface area contributed by atoms with Crippen LogP contribution in [0.4, 0.5) is 0 Å². The molecule has 1 unspecified atom stereocenters. The van der Waals surface area contributed by atoms with Crippen molar-refractivity contribution in [3.05, 3.63) is 0 Å². The van der Waals surface area contributed by atoms with Gasteiger partial charge in [-0.05, 0) is 25.2 Å². The van der Waals surface area contributed by atoms with Gasteiger partial charge < -0.3 is 10.2 Å². The summed E-state index contributed by atoms with van der Waals surface area (Å²) < 4.78 is 0. The Morgan fingerprint density at radius 2 is 1.44 bits per heavy atom. The van der Waals surface area contributed by atoms with Crippen molar-refractivity contribution >= 4 is 0 Å². The highest BCUT2D eigenvalue weighted by Gasteiger charge is 1.99. The predicted octanol–water partition coefficient (Wildman–Crippen LogP) is 4.53. The van der Waals surface area contributed by atoms with Crippen LogP contribution >= 0.6 is 0 Å². The van der Waals surface area contributed by atoms with Crippen LogP contribution in [-0.2, 0) is 0 Å². The molecule has 0 amide bonds. The maximum Gasteiger partial charge on any atom is 0.0540 e. The van der Waals surface area contributed by atoms with Gasteiger partial charge in [0, 0.05) is 6.61 Å². The molecule has 0 heterocycles. The smallest absolute Gasteiger partial charge is 0.0540 e. The van der Waals surface area contributed by atoms with E-state index in [0.717, 1.165) is 31.6 Å². The van der Waals surface area contributed by atoms with E-state index in [1.54, 1.807) is 0 Å². The molecule has 0 rings (SSSR count). The van der Waals surface area contributed by atoms with Crippen LogP contribution in [0, 0.1) is 5.92 Å². The monoisotopic (exact) mass is 260 g/mol.